The first-order chi connectivity index (χ1) is 11.8. The van der Waals surface area contributed by atoms with E-state index < -0.39 is 24.6 Å². The molecule has 0 aliphatic rings. The molecule has 2 aromatic carbocycles. The molecule has 0 radical (unpaired) electrons. The summed E-state index contributed by atoms with van der Waals surface area (Å²) in [4.78, 5) is 24.1. The maximum atomic E-state index is 12.2. The van der Waals surface area contributed by atoms with E-state index in [2.05, 4.69) is 10.1 Å². The van der Waals surface area contributed by atoms with Crippen LogP contribution < -0.4 is 10.1 Å². The Balaban J connectivity index is 1.98. The lowest BCUT2D eigenvalue weighted by molar-refractivity contribution is -0.123. The van der Waals surface area contributed by atoms with Crippen LogP contribution in [-0.2, 0) is 9.53 Å². The molecule has 25 heavy (non-hydrogen) atoms. The fourth-order valence-corrected chi connectivity index (χ4v) is 2.05. The average molecular weight is 349 g/mol. The molecule has 1 atom stereocenters. The Hall–Kier alpha value is -2.96. The summed E-state index contributed by atoms with van der Waals surface area (Å²) in [6.45, 7) is 0.307. The van der Waals surface area contributed by atoms with Gasteiger partial charge in [-0.15, -0.1) is 0 Å². The molecule has 0 heterocycles. The van der Waals surface area contributed by atoms with Crippen LogP contribution in [0.5, 0.6) is 5.75 Å². The van der Waals surface area contributed by atoms with E-state index in [1.807, 2.05) is 13.0 Å². The van der Waals surface area contributed by atoms with Gasteiger partial charge in [0, 0.05) is 5.69 Å². The second kappa shape index (κ2) is 8.23. The minimum Gasteiger partial charge on any atom is -0.449 e. The van der Waals surface area contributed by atoms with E-state index in [0.717, 1.165) is 11.6 Å². The van der Waals surface area contributed by atoms with Crippen molar-refractivity contribution in [1.82, 2.24) is 0 Å². The van der Waals surface area contributed by atoms with Crippen molar-refractivity contribution >= 4 is 17.6 Å². The van der Waals surface area contributed by atoms with E-state index >= 15 is 0 Å². The van der Waals surface area contributed by atoms with Crippen molar-refractivity contribution < 1.29 is 27.8 Å². The lowest BCUT2D eigenvalue weighted by Crippen LogP contribution is -2.30. The van der Waals surface area contributed by atoms with Crippen LogP contribution in [0.3, 0.4) is 0 Å². The first-order valence-corrected chi connectivity index (χ1v) is 7.48. The summed E-state index contributed by atoms with van der Waals surface area (Å²) in [5, 5.41) is 2.64. The molecule has 2 aromatic rings. The van der Waals surface area contributed by atoms with Crippen molar-refractivity contribution in [2.45, 2.75) is 26.6 Å². The van der Waals surface area contributed by atoms with Gasteiger partial charge in [0.05, 0.1) is 5.56 Å². The van der Waals surface area contributed by atoms with E-state index in [-0.39, 0.29) is 11.3 Å². The summed E-state index contributed by atoms with van der Waals surface area (Å²) >= 11 is 0. The minimum absolute atomic E-state index is 0.00774. The number of carbonyl (C=O) groups excluding carboxylic acids is 2. The van der Waals surface area contributed by atoms with Crippen LogP contribution in [0.2, 0.25) is 0 Å². The lowest BCUT2D eigenvalue weighted by Gasteiger charge is -2.14. The zero-order valence-electron chi connectivity index (χ0n) is 13.7. The summed E-state index contributed by atoms with van der Waals surface area (Å²) in [5.74, 6) is -1.48. The zero-order valence-corrected chi connectivity index (χ0v) is 13.7. The molecule has 7 heteroatoms. The quantitative estimate of drug-likeness (QED) is 0.806. The van der Waals surface area contributed by atoms with Crippen molar-refractivity contribution in [3.05, 3.63) is 59.7 Å². The van der Waals surface area contributed by atoms with E-state index in [1.165, 1.54) is 25.1 Å². The van der Waals surface area contributed by atoms with Gasteiger partial charge in [-0.2, -0.15) is 8.78 Å². The molecule has 2 rings (SSSR count). The van der Waals surface area contributed by atoms with Gasteiger partial charge >= 0.3 is 12.6 Å². The van der Waals surface area contributed by atoms with Gasteiger partial charge in [-0.1, -0.05) is 18.2 Å². The molecule has 0 saturated carbocycles. The number of hydrogen-bond donors (Lipinski definition) is 1. The number of amides is 1. The largest absolute Gasteiger partial charge is 0.449 e. The molecule has 1 amide bonds. The standard InChI is InChI=1S/C18H17F2NO4/c1-11-5-3-7-14(9-11)21-16(22)12(2)24-17(23)13-6-4-8-15(10-13)25-18(19)20/h3-10,12,18H,1-2H3,(H,21,22). The van der Waals surface area contributed by atoms with E-state index in [0.29, 0.717) is 5.69 Å². The van der Waals surface area contributed by atoms with Gasteiger partial charge in [-0.25, -0.2) is 4.79 Å². The third-order valence-electron chi connectivity index (χ3n) is 3.23. The maximum absolute atomic E-state index is 12.2. The molecule has 0 spiro atoms. The Morgan fingerprint density at radius 3 is 2.48 bits per heavy atom. The Kier molecular flexibility index (Phi) is 6.05. The number of rotatable bonds is 6. The SMILES string of the molecule is Cc1cccc(NC(=O)C(C)OC(=O)c2cccc(OC(F)F)c2)c1. The summed E-state index contributed by atoms with van der Waals surface area (Å²) in [5.41, 5.74) is 1.56. The van der Waals surface area contributed by atoms with Gasteiger partial charge in [0.1, 0.15) is 5.75 Å². The van der Waals surface area contributed by atoms with Crippen LogP contribution in [0.15, 0.2) is 48.5 Å². The summed E-state index contributed by atoms with van der Waals surface area (Å²) in [7, 11) is 0. The fraction of sp³-hybridized carbons (Fsp3) is 0.222. The molecular formula is C18H17F2NO4. The molecular weight excluding hydrogens is 332 g/mol. The van der Waals surface area contributed by atoms with Crippen LogP contribution >= 0.6 is 0 Å². The summed E-state index contributed by atoms with van der Waals surface area (Å²) in [6.07, 6.45) is -1.06. The number of halogens is 2. The number of hydrogen-bond acceptors (Lipinski definition) is 4. The van der Waals surface area contributed by atoms with Gasteiger partial charge in [0.25, 0.3) is 5.91 Å². The highest BCUT2D eigenvalue weighted by molar-refractivity contribution is 5.97. The predicted molar refractivity (Wildman–Crippen MR) is 87.8 cm³/mol. The molecule has 1 unspecified atom stereocenters. The number of nitrogens with one attached hydrogen (secondary N) is 1. The summed E-state index contributed by atoms with van der Waals surface area (Å²) in [6, 6.07) is 12.3. The number of aryl methyl sites for hydroxylation is 1. The van der Waals surface area contributed by atoms with Crippen molar-refractivity contribution in [2.75, 3.05) is 5.32 Å². The normalized spacial score (nSPS) is 11.7. The molecule has 1 N–H and O–H groups in total. The molecule has 132 valence electrons. The van der Waals surface area contributed by atoms with Gasteiger partial charge in [-0.3, -0.25) is 4.79 Å². The highest BCUT2D eigenvalue weighted by Gasteiger charge is 2.19. The monoisotopic (exact) mass is 349 g/mol. The van der Waals surface area contributed by atoms with Crippen LogP contribution in [0.25, 0.3) is 0 Å². The second-order valence-corrected chi connectivity index (χ2v) is 5.31. The number of carbonyl (C=O) groups is 2. The van der Waals surface area contributed by atoms with Crippen LogP contribution in [0, 0.1) is 6.92 Å². The molecule has 0 aromatic heterocycles. The first-order valence-electron chi connectivity index (χ1n) is 7.48. The maximum Gasteiger partial charge on any atom is 0.387 e. The van der Waals surface area contributed by atoms with Crippen molar-refractivity contribution in [3.63, 3.8) is 0 Å². The first kappa shape index (κ1) is 18.4. The fourth-order valence-electron chi connectivity index (χ4n) is 2.05. The van der Waals surface area contributed by atoms with E-state index in [1.54, 1.807) is 18.2 Å². The third-order valence-corrected chi connectivity index (χ3v) is 3.23. The molecule has 5 nitrogen and oxygen atoms in total. The molecule has 0 bridgehead atoms. The van der Waals surface area contributed by atoms with Crippen LogP contribution in [-0.4, -0.2) is 24.6 Å². The van der Waals surface area contributed by atoms with Crippen molar-refractivity contribution in [3.8, 4) is 5.75 Å². The van der Waals surface area contributed by atoms with Gasteiger partial charge < -0.3 is 14.8 Å². The zero-order chi connectivity index (χ0) is 18.4. The number of benzene rings is 2. The van der Waals surface area contributed by atoms with Crippen molar-refractivity contribution in [1.29, 1.82) is 0 Å². The second-order valence-electron chi connectivity index (χ2n) is 5.31. The Labute approximate surface area is 143 Å². The number of esters is 1. The number of alkyl halides is 2. The van der Waals surface area contributed by atoms with Crippen LogP contribution in [0.4, 0.5) is 14.5 Å². The minimum atomic E-state index is -3.00. The predicted octanol–water partition coefficient (Wildman–Crippen LogP) is 3.78. The van der Waals surface area contributed by atoms with E-state index in [9.17, 15) is 18.4 Å². The smallest absolute Gasteiger partial charge is 0.387 e. The lowest BCUT2D eigenvalue weighted by atomic mass is 10.2. The molecule has 0 aliphatic heterocycles. The Morgan fingerprint density at radius 1 is 1.08 bits per heavy atom. The highest BCUT2D eigenvalue weighted by Crippen LogP contribution is 2.17. The summed E-state index contributed by atoms with van der Waals surface area (Å²) < 4.78 is 33.7. The van der Waals surface area contributed by atoms with Crippen LogP contribution in [0.1, 0.15) is 22.8 Å². The van der Waals surface area contributed by atoms with E-state index in [4.69, 9.17) is 4.74 Å². The number of anilines is 1. The van der Waals surface area contributed by atoms with Crippen molar-refractivity contribution in [2.24, 2.45) is 0 Å². The topological polar surface area (TPSA) is 64.6 Å². The Morgan fingerprint density at radius 2 is 1.80 bits per heavy atom. The van der Waals surface area contributed by atoms with Gasteiger partial charge in [-0.05, 0) is 49.7 Å². The average Bonchev–Trinajstić information content (AvgIpc) is 2.54. The molecule has 0 fully saturated rings. The number of ether oxygens (including phenoxy) is 2. The molecule has 0 aliphatic carbocycles. The third kappa shape index (κ3) is 5.56. The highest BCUT2D eigenvalue weighted by atomic mass is 19.3. The molecule has 0 saturated heterocycles. The Bertz CT molecular complexity index is 764. The van der Waals surface area contributed by atoms with Gasteiger partial charge in [0.15, 0.2) is 6.10 Å². The van der Waals surface area contributed by atoms with Gasteiger partial charge in [0.2, 0.25) is 0 Å².